The Morgan fingerprint density at radius 3 is 2.47 bits per heavy atom. The number of likely N-dealkylation sites (N-methyl/N-ethyl adjacent to an activating group) is 1. The normalized spacial score (nSPS) is 19.9. The van der Waals surface area contributed by atoms with Crippen LogP contribution in [0.1, 0.15) is 40.5 Å². The van der Waals surface area contributed by atoms with Crippen molar-refractivity contribution in [3.63, 3.8) is 0 Å². The first-order valence-electron chi connectivity index (χ1n) is 9.68. The third kappa shape index (κ3) is 2.75. The molecule has 0 unspecified atom stereocenters. The maximum atomic E-state index is 13.5. The Bertz CT molecular complexity index is 1050. The Morgan fingerprint density at radius 2 is 1.80 bits per heavy atom. The van der Waals surface area contributed by atoms with Crippen LogP contribution in [0.2, 0.25) is 0 Å². The molecule has 2 heterocycles. The van der Waals surface area contributed by atoms with Crippen LogP contribution >= 0.6 is 0 Å². The van der Waals surface area contributed by atoms with Gasteiger partial charge in [0, 0.05) is 25.1 Å². The van der Waals surface area contributed by atoms with Crippen LogP contribution in [-0.2, 0) is 14.3 Å². The van der Waals surface area contributed by atoms with E-state index in [0.29, 0.717) is 22.5 Å². The number of esters is 1. The molecular formula is C22H21N3O5. The zero-order valence-electron chi connectivity index (χ0n) is 16.7. The van der Waals surface area contributed by atoms with Crippen molar-refractivity contribution >= 4 is 35.1 Å². The Kier molecular flexibility index (Phi) is 4.77. The first kappa shape index (κ1) is 19.6. The summed E-state index contributed by atoms with van der Waals surface area (Å²) >= 11 is 0. The maximum Gasteiger partial charge on any atom is 0.337 e. The number of anilines is 2. The molecule has 154 valence electrons. The molecule has 4 rings (SSSR count). The number of rotatable bonds is 4. The number of methoxy groups -OCH3 is 1. The topological polar surface area (TPSA) is 96.0 Å². The average molecular weight is 407 g/mol. The lowest BCUT2D eigenvalue weighted by Gasteiger charge is -2.48. The molecule has 2 aliphatic rings. The number of ether oxygens (including phenoxy) is 1. The Balaban J connectivity index is 1.73. The second kappa shape index (κ2) is 7.29. The molecule has 1 atom stereocenters. The quantitative estimate of drug-likeness (QED) is 0.786. The van der Waals surface area contributed by atoms with Crippen LogP contribution in [0.4, 0.5) is 11.4 Å². The van der Waals surface area contributed by atoms with Gasteiger partial charge in [-0.3, -0.25) is 19.3 Å². The standard InChI is InChI=1S/C22H21N3O5/c1-3-24-19(27)16-6-4-5-7-17(16)25-18(26)12-13-22(24,25)21(29)23-15-10-8-14(9-11-15)20(28)30-2/h4-11H,3,12-13H2,1-2H3,(H,23,29)/t22-/m1/s1. The molecule has 2 aliphatic heterocycles. The second-order valence-electron chi connectivity index (χ2n) is 7.14. The molecule has 3 amide bonds. The van der Waals surface area contributed by atoms with Crippen LogP contribution in [0.3, 0.4) is 0 Å². The van der Waals surface area contributed by atoms with Gasteiger partial charge in [0.05, 0.1) is 23.9 Å². The van der Waals surface area contributed by atoms with Gasteiger partial charge in [-0.25, -0.2) is 4.79 Å². The highest BCUT2D eigenvalue weighted by Gasteiger charge is 2.60. The minimum Gasteiger partial charge on any atom is -0.465 e. The van der Waals surface area contributed by atoms with Crippen LogP contribution in [0.25, 0.3) is 0 Å². The molecule has 1 fully saturated rings. The number of nitrogens with one attached hydrogen (secondary N) is 1. The highest BCUT2D eigenvalue weighted by molar-refractivity contribution is 6.18. The van der Waals surface area contributed by atoms with Crippen LogP contribution in [-0.4, -0.2) is 47.9 Å². The predicted molar refractivity (Wildman–Crippen MR) is 109 cm³/mol. The average Bonchev–Trinajstić information content (AvgIpc) is 3.12. The van der Waals surface area contributed by atoms with Crippen molar-refractivity contribution in [3.8, 4) is 0 Å². The van der Waals surface area contributed by atoms with E-state index in [9.17, 15) is 19.2 Å². The van der Waals surface area contributed by atoms with Gasteiger partial charge in [-0.05, 0) is 43.3 Å². The van der Waals surface area contributed by atoms with E-state index in [1.54, 1.807) is 43.3 Å². The smallest absolute Gasteiger partial charge is 0.337 e. The molecule has 8 nitrogen and oxygen atoms in total. The number of nitrogens with zero attached hydrogens (tertiary/aromatic N) is 2. The molecule has 0 spiro atoms. The van der Waals surface area contributed by atoms with Crippen LogP contribution in [0.5, 0.6) is 0 Å². The van der Waals surface area contributed by atoms with E-state index >= 15 is 0 Å². The molecule has 0 aliphatic carbocycles. The number of carbonyl (C=O) groups is 4. The van der Waals surface area contributed by atoms with Crippen LogP contribution in [0.15, 0.2) is 48.5 Å². The number of carbonyl (C=O) groups excluding carboxylic acids is 4. The number of fused-ring (bicyclic) bond motifs is 3. The second-order valence-corrected chi connectivity index (χ2v) is 7.14. The Morgan fingerprint density at radius 1 is 1.10 bits per heavy atom. The molecule has 30 heavy (non-hydrogen) atoms. The monoisotopic (exact) mass is 407 g/mol. The summed E-state index contributed by atoms with van der Waals surface area (Å²) in [7, 11) is 1.29. The Labute approximate surface area is 173 Å². The van der Waals surface area contributed by atoms with E-state index in [1.165, 1.54) is 29.0 Å². The van der Waals surface area contributed by atoms with Crippen molar-refractivity contribution in [3.05, 3.63) is 59.7 Å². The SMILES string of the molecule is CCN1C(=O)c2ccccc2N2C(=O)CC[C@@]12C(=O)Nc1ccc(C(=O)OC)cc1. The van der Waals surface area contributed by atoms with Gasteiger partial charge in [0.25, 0.3) is 11.8 Å². The van der Waals surface area contributed by atoms with Gasteiger partial charge in [0.1, 0.15) is 0 Å². The summed E-state index contributed by atoms with van der Waals surface area (Å²) in [5, 5.41) is 2.82. The van der Waals surface area contributed by atoms with E-state index in [4.69, 9.17) is 0 Å². The summed E-state index contributed by atoms with van der Waals surface area (Å²) in [6.07, 6.45) is 0.360. The number of benzene rings is 2. The molecule has 2 aromatic rings. The van der Waals surface area contributed by atoms with E-state index in [2.05, 4.69) is 10.1 Å². The van der Waals surface area contributed by atoms with Crippen molar-refractivity contribution in [2.75, 3.05) is 23.9 Å². The maximum absolute atomic E-state index is 13.5. The zero-order valence-corrected chi connectivity index (χ0v) is 16.7. The molecule has 1 saturated heterocycles. The molecule has 0 aromatic heterocycles. The lowest BCUT2D eigenvalue weighted by Crippen LogP contribution is -2.69. The van der Waals surface area contributed by atoms with Crippen molar-refractivity contribution < 1.29 is 23.9 Å². The molecule has 0 saturated carbocycles. The molecule has 2 aromatic carbocycles. The number of hydrogen-bond acceptors (Lipinski definition) is 5. The summed E-state index contributed by atoms with van der Waals surface area (Å²) in [6.45, 7) is 2.05. The van der Waals surface area contributed by atoms with Crippen molar-refractivity contribution in [1.29, 1.82) is 0 Å². The van der Waals surface area contributed by atoms with Gasteiger partial charge < -0.3 is 15.0 Å². The number of para-hydroxylation sites is 1. The van der Waals surface area contributed by atoms with Crippen molar-refractivity contribution in [2.24, 2.45) is 0 Å². The predicted octanol–water partition coefficient (Wildman–Crippen LogP) is 2.41. The first-order chi connectivity index (χ1) is 14.4. The van der Waals surface area contributed by atoms with Crippen LogP contribution < -0.4 is 10.2 Å². The fraction of sp³-hybridized carbons (Fsp3) is 0.273. The minimum absolute atomic E-state index is 0.160. The Hall–Kier alpha value is -3.68. The van der Waals surface area contributed by atoms with Crippen molar-refractivity contribution in [1.82, 2.24) is 4.90 Å². The molecule has 1 N–H and O–H groups in total. The van der Waals surface area contributed by atoms with E-state index in [1.807, 2.05) is 0 Å². The van der Waals surface area contributed by atoms with Gasteiger partial charge >= 0.3 is 5.97 Å². The summed E-state index contributed by atoms with van der Waals surface area (Å²) < 4.78 is 4.68. The van der Waals surface area contributed by atoms with E-state index in [-0.39, 0.29) is 31.2 Å². The fourth-order valence-corrected chi connectivity index (χ4v) is 4.24. The van der Waals surface area contributed by atoms with Gasteiger partial charge in [0.2, 0.25) is 11.6 Å². The summed E-state index contributed by atoms with van der Waals surface area (Å²) in [5.74, 6) is -1.44. The lowest BCUT2D eigenvalue weighted by molar-refractivity contribution is -0.128. The van der Waals surface area contributed by atoms with Crippen LogP contribution in [0, 0.1) is 0 Å². The highest BCUT2D eigenvalue weighted by Crippen LogP contribution is 2.44. The summed E-state index contributed by atoms with van der Waals surface area (Å²) in [6, 6.07) is 13.1. The number of amides is 3. The third-order valence-electron chi connectivity index (χ3n) is 5.62. The van der Waals surface area contributed by atoms with Crippen molar-refractivity contribution in [2.45, 2.75) is 25.4 Å². The fourth-order valence-electron chi connectivity index (χ4n) is 4.24. The van der Waals surface area contributed by atoms with Gasteiger partial charge in [-0.1, -0.05) is 12.1 Å². The zero-order chi connectivity index (χ0) is 21.5. The first-order valence-corrected chi connectivity index (χ1v) is 9.68. The van der Waals surface area contributed by atoms with Gasteiger partial charge in [-0.15, -0.1) is 0 Å². The number of hydrogen-bond donors (Lipinski definition) is 1. The van der Waals surface area contributed by atoms with E-state index < -0.39 is 17.5 Å². The molecule has 0 radical (unpaired) electrons. The molecular weight excluding hydrogens is 386 g/mol. The third-order valence-corrected chi connectivity index (χ3v) is 5.62. The summed E-state index contributed by atoms with van der Waals surface area (Å²) in [5.41, 5.74) is 0.219. The molecule has 8 heteroatoms. The van der Waals surface area contributed by atoms with Gasteiger partial charge in [0.15, 0.2) is 0 Å². The minimum atomic E-state index is -1.43. The largest absolute Gasteiger partial charge is 0.465 e. The summed E-state index contributed by atoms with van der Waals surface area (Å²) in [4.78, 5) is 54.0. The molecule has 0 bridgehead atoms. The highest BCUT2D eigenvalue weighted by atomic mass is 16.5. The van der Waals surface area contributed by atoms with Gasteiger partial charge in [-0.2, -0.15) is 0 Å². The lowest BCUT2D eigenvalue weighted by atomic mass is 9.95. The van der Waals surface area contributed by atoms with E-state index in [0.717, 1.165) is 0 Å².